The maximum absolute atomic E-state index is 12.3. The Balaban J connectivity index is 2.15. The molecule has 0 saturated carbocycles. The van der Waals surface area contributed by atoms with Gasteiger partial charge in [0.1, 0.15) is 0 Å². The molecule has 0 aliphatic carbocycles. The van der Waals surface area contributed by atoms with Gasteiger partial charge in [0.2, 0.25) is 0 Å². The van der Waals surface area contributed by atoms with E-state index in [0.717, 1.165) is 5.56 Å². The third kappa shape index (κ3) is 3.55. The molecule has 0 atom stereocenters. The van der Waals surface area contributed by atoms with Crippen molar-refractivity contribution in [2.45, 2.75) is 6.54 Å². The van der Waals surface area contributed by atoms with E-state index in [0.29, 0.717) is 21.6 Å². The number of nitrogens with zero attached hydrogens (tertiary/aromatic N) is 2. The molecule has 1 amide bonds. The van der Waals surface area contributed by atoms with Gasteiger partial charge >= 0.3 is 0 Å². The van der Waals surface area contributed by atoms with E-state index in [1.165, 1.54) is 0 Å². The van der Waals surface area contributed by atoms with Gasteiger partial charge in [-0.05, 0) is 45.8 Å². The van der Waals surface area contributed by atoms with Crippen LogP contribution >= 0.6 is 27.5 Å². The highest BCUT2D eigenvalue weighted by atomic mass is 79.9. The molecule has 98 valence electrons. The standard InChI is InChI=1S/C14H12BrClN2O/c1-18(9-10-3-2-6-17-8-10)14(19)12-5-4-11(16)7-13(12)15/h2-8H,9H2,1H3. The van der Waals surface area contributed by atoms with E-state index in [-0.39, 0.29) is 5.91 Å². The van der Waals surface area contributed by atoms with Gasteiger partial charge in [0.15, 0.2) is 0 Å². The number of amides is 1. The van der Waals surface area contributed by atoms with Crippen molar-refractivity contribution in [1.29, 1.82) is 0 Å². The highest BCUT2D eigenvalue weighted by Crippen LogP contribution is 2.23. The average Bonchev–Trinajstić information content (AvgIpc) is 2.39. The second-order valence-electron chi connectivity index (χ2n) is 4.15. The van der Waals surface area contributed by atoms with Crippen molar-refractivity contribution in [1.82, 2.24) is 9.88 Å². The van der Waals surface area contributed by atoms with E-state index >= 15 is 0 Å². The molecule has 0 N–H and O–H groups in total. The maximum atomic E-state index is 12.3. The maximum Gasteiger partial charge on any atom is 0.255 e. The molecular formula is C14H12BrClN2O. The molecule has 5 heteroatoms. The summed E-state index contributed by atoms with van der Waals surface area (Å²) in [4.78, 5) is 18.0. The molecule has 1 heterocycles. The molecular weight excluding hydrogens is 328 g/mol. The van der Waals surface area contributed by atoms with Gasteiger partial charge in [0.05, 0.1) is 5.56 Å². The molecule has 1 aromatic heterocycles. The van der Waals surface area contributed by atoms with E-state index < -0.39 is 0 Å². The smallest absolute Gasteiger partial charge is 0.255 e. The molecule has 0 unspecified atom stereocenters. The van der Waals surface area contributed by atoms with Gasteiger partial charge in [0, 0.05) is 35.5 Å². The van der Waals surface area contributed by atoms with Gasteiger partial charge in [-0.3, -0.25) is 9.78 Å². The number of carbonyl (C=O) groups is 1. The number of aromatic nitrogens is 1. The molecule has 0 aliphatic rings. The van der Waals surface area contributed by atoms with Crippen molar-refractivity contribution in [2.24, 2.45) is 0 Å². The van der Waals surface area contributed by atoms with E-state index in [4.69, 9.17) is 11.6 Å². The Labute approximate surface area is 125 Å². The van der Waals surface area contributed by atoms with Crippen LogP contribution in [0, 0.1) is 0 Å². The van der Waals surface area contributed by atoms with Crippen LogP contribution in [0.3, 0.4) is 0 Å². The van der Waals surface area contributed by atoms with Gasteiger partial charge < -0.3 is 4.90 Å². The number of benzene rings is 1. The summed E-state index contributed by atoms with van der Waals surface area (Å²) in [5, 5.41) is 0.596. The van der Waals surface area contributed by atoms with Crippen LogP contribution in [0.25, 0.3) is 0 Å². The SMILES string of the molecule is CN(Cc1cccnc1)C(=O)c1ccc(Cl)cc1Br. The molecule has 2 aromatic rings. The lowest BCUT2D eigenvalue weighted by molar-refractivity contribution is 0.0784. The van der Waals surface area contributed by atoms with Crippen LogP contribution in [0.2, 0.25) is 5.02 Å². The summed E-state index contributed by atoms with van der Waals surface area (Å²) >= 11 is 9.22. The highest BCUT2D eigenvalue weighted by molar-refractivity contribution is 9.10. The third-order valence-corrected chi connectivity index (χ3v) is 3.54. The van der Waals surface area contributed by atoms with E-state index in [1.807, 2.05) is 12.1 Å². The number of halogens is 2. The summed E-state index contributed by atoms with van der Waals surface area (Å²) < 4.78 is 0.697. The van der Waals surface area contributed by atoms with Crippen LogP contribution in [-0.4, -0.2) is 22.8 Å². The molecule has 1 aromatic carbocycles. The largest absolute Gasteiger partial charge is 0.337 e. The second kappa shape index (κ2) is 6.17. The van der Waals surface area contributed by atoms with Crippen LogP contribution in [-0.2, 0) is 6.54 Å². The minimum absolute atomic E-state index is 0.0626. The summed E-state index contributed by atoms with van der Waals surface area (Å²) in [7, 11) is 1.76. The normalized spacial score (nSPS) is 10.3. The van der Waals surface area contributed by atoms with Gasteiger partial charge in [-0.1, -0.05) is 17.7 Å². The molecule has 0 bridgehead atoms. The predicted molar refractivity (Wildman–Crippen MR) is 79.2 cm³/mol. The fraction of sp³-hybridized carbons (Fsp3) is 0.143. The van der Waals surface area contributed by atoms with Crippen LogP contribution in [0.15, 0.2) is 47.2 Å². The van der Waals surface area contributed by atoms with Gasteiger partial charge in [-0.2, -0.15) is 0 Å². The third-order valence-electron chi connectivity index (χ3n) is 2.65. The first-order valence-corrected chi connectivity index (χ1v) is 6.84. The fourth-order valence-corrected chi connectivity index (χ4v) is 2.56. The second-order valence-corrected chi connectivity index (χ2v) is 5.44. The Bertz CT molecular complexity index is 589. The van der Waals surface area contributed by atoms with E-state index in [9.17, 15) is 4.79 Å². The number of pyridine rings is 1. The summed E-state index contributed by atoms with van der Waals surface area (Å²) in [6.45, 7) is 0.516. The predicted octanol–water partition coefficient (Wildman–Crippen LogP) is 3.77. The number of hydrogen-bond donors (Lipinski definition) is 0. The Hall–Kier alpha value is -1.39. The zero-order valence-electron chi connectivity index (χ0n) is 10.3. The minimum atomic E-state index is -0.0626. The van der Waals surface area contributed by atoms with Gasteiger partial charge in [-0.15, -0.1) is 0 Å². The van der Waals surface area contributed by atoms with Crippen LogP contribution in [0.1, 0.15) is 15.9 Å². The zero-order valence-corrected chi connectivity index (χ0v) is 12.6. The molecule has 19 heavy (non-hydrogen) atoms. The van der Waals surface area contributed by atoms with Crippen molar-refractivity contribution in [3.8, 4) is 0 Å². The Morgan fingerprint density at radius 1 is 1.42 bits per heavy atom. The Morgan fingerprint density at radius 3 is 2.84 bits per heavy atom. The molecule has 0 spiro atoms. The quantitative estimate of drug-likeness (QED) is 0.853. The number of hydrogen-bond acceptors (Lipinski definition) is 2. The molecule has 0 aliphatic heterocycles. The van der Waals surface area contributed by atoms with E-state index in [1.54, 1.807) is 42.5 Å². The van der Waals surface area contributed by atoms with Gasteiger partial charge in [0.25, 0.3) is 5.91 Å². The number of rotatable bonds is 3. The first-order valence-electron chi connectivity index (χ1n) is 5.67. The van der Waals surface area contributed by atoms with E-state index in [2.05, 4.69) is 20.9 Å². The van der Waals surface area contributed by atoms with Crippen LogP contribution < -0.4 is 0 Å². The summed E-state index contributed by atoms with van der Waals surface area (Å²) in [6.07, 6.45) is 3.46. The fourth-order valence-electron chi connectivity index (χ4n) is 1.71. The van der Waals surface area contributed by atoms with Crippen molar-refractivity contribution in [3.63, 3.8) is 0 Å². The average molecular weight is 340 g/mol. The lowest BCUT2D eigenvalue weighted by atomic mass is 10.2. The first-order chi connectivity index (χ1) is 9.08. The lowest BCUT2D eigenvalue weighted by Crippen LogP contribution is -2.26. The monoisotopic (exact) mass is 338 g/mol. The molecule has 2 rings (SSSR count). The summed E-state index contributed by atoms with van der Waals surface area (Å²) in [6, 6.07) is 8.93. The molecule has 0 saturated heterocycles. The topological polar surface area (TPSA) is 33.2 Å². The van der Waals surface area contributed by atoms with Crippen molar-refractivity contribution >= 4 is 33.4 Å². The number of carbonyl (C=O) groups excluding carboxylic acids is 1. The van der Waals surface area contributed by atoms with Crippen molar-refractivity contribution in [3.05, 3.63) is 63.3 Å². The summed E-state index contributed by atoms with van der Waals surface area (Å²) in [5.41, 5.74) is 1.58. The lowest BCUT2D eigenvalue weighted by Gasteiger charge is -2.18. The van der Waals surface area contributed by atoms with Crippen LogP contribution in [0.5, 0.6) is 0 Å². The Kier molecular flexibility index (Phi) is 4.56. The van der Waals surface area contributed by atoms with Crippen molar-refractivity contribution in [2.75, 3.05) is 7.05 Å². The zero-order chi connectivity index (χ0) is 13.8. The molecule has 3 nitrogen and oxygen atoms in total. The molecule has 0 fully saturated rings. The van der Waals surface area contributed by atoms with Crippen LogP contribution in [0.4, 0.5) is 0 Å². The molecule has 0 radical (unpaired) electrons. The minimum Gasteiger partial charge on any atom is -0.337 e. The Morgan fingerprint density at radius 2 is 2.21 bits per heavy atom. The first kappa shape index (κ1) is 14.0. The van der Waals surface area contributed by atoms with Crippen molar-refractivity contribution < 1.29 is 4.79 Å². The highest BCUT2D eigenvalue weighted by Gasteiger charge is 2.15. The summed E-state index contributed by atoms with van der Waals surface area (Å²) in [5.74, 6) is -0.0626. The van der Waals surface area contributed by atoms with Gasteiger partial charge in [-0.25, -0.2) is 0 Å².